The minimum Gasteiger partial charge on any atom is -0.507 e. The number of halogens is 1. The molecule has 8 heteroatoms. The number of allylic oxidation sites excluding steroid dienone is 1. The fourth-order valence-electron chi connectivity index (χ4n) is 7.16. The molecule has 47 heavy (non-hydrogen) atoms. The van der Waals surface area contributed by atoms with Gasteiger partial charge in [0.15, 0.2) is 9.84 Å². The van der Waals surface area contributed by atoms with E-state index in [-0.39, 0.29) is 35.9 Å². The monoisotopic (exact) mass is 728 g/mol. The van der Waals surface area contributed by atoms with E-state index >= 15 is 0 Å². The number of fused-ring (bicyclic) bond motifs is 1. The Labute approximate surface area is 288 Å². The fraction of sp³-hybridized carbons (Fsp3) is 0.282. The third-order valence-electron chi connectivity index (χ3n) is 9.38. The number of ether oxygens (including phenoxy) is 1. The first-order chi connectivity index (χ1) is 22.5. The van der Waals surface area contributed by atoms with Gasteiger partial charge in [0.1, 0.15) is 11.0 Å². The van der Waals surface area contributed by atoms with Crippen molar-refractivity contribution in [1.82, 2.24) is 0 Å². The van der Waals surface area contributed by atoms with E-state index in [0.29, 0.717) is 18.4 Å². The summed E-state index contributed by atoms with van der Waals surface area (Å²) in [5.41, 5.74) is 4.51. The Kier molecular flexibility index (Phi) is 9.79. The van der Waals surface area contributed by atoms with Gasteiger partial charge >= 0.3 is 0 Å². The molecule has 0 bridgehead atoms. The lowest BCUT2D eigenvalue weighted by Crippen LogP contribution is -2.66. The van der Waals surface area contributed by atoms with Gasteiger partial charge in [0.05, 0.1) is 25.1 Å². The van der Waals surface area contributed by atoms with Gasteiger partial charge in [0, 0.05) is 10.0 Å². The summed E-state index contributed by atoms with van der Waals surface area (Å²) < 4.78 is 41.4. The van der Waals surface area contributed by atoms with E-state index in [1.54, 1.807) is 6.07 Å². The zero-order chi connectivity index (χ0) is 33.2. The molecule has 0 aromatic heterocycles. The molecule has 2 aliphatic rings. The summed E-state index contributed by atoms with van der Waals surface area (Å²) in [6.07, 6.45) is 2.92. The maximum absolute atomic E-state index is 13.5. The van der Waals surface area contributed by atoms with Gasteiger partial charge in [-0.15, -0.1) is 0 Å². The summed E-state index contributed by atoms with van der Waals surface area (Å²) in [5, 5.41) is 12.1. The Balaban J connectivity index is 1.34. The largest absolute Gasteiger partial charge is 0.507 e. The van der Waals surface area contributed by atoms with E-state index in [2.05, 4.69) is 97.4 Å². The van der Waals surface area contributed by atoms with Gasteiger partial charge in [-0.05, 0) is 74.8 Å². The average molecular weight is 730 g/mol. The Bertz CT molecular complexity index is 1840. The number of sulfone groups is 1. The Morgan fingerprint density at radius 2 is 1.53 bits per heavy atom. The molecule has 2 heterocycles. The Morgan fingerprint density at radius 1 is 0.936 bits per heavy atom. The number of phenolic OH excluding ortho intramolecular Hbond substituents is 1. The van der Waals surface area contributed by atoms with E-state index in [0.717, 1.165) is 37.1 Å². The van der Waals surface area contributed by atoms with Crippen molar-refractivity contribution in [3.05, 3.63) is 136 Å². The number of hydrogen-bond acceptors (Lipinski definition) is 5. The van der Waals surface area contributed by atoms with Crippen LogP contribution in [0.2, 0.25) is 5.04 Å². The summed E-state index contributed by atoms with van der Waals surface area (Å²) in [5.74, 6) is 0.199. The topological polar surface area (TPSA) is 72.8 Å². The van der Waals surface area contributed by atoms with Crippen molar-refractivity contribution in [1.29, 1.82) is 0 Å². The molecule has 4 aromatic carbocycles. The van der Waals surface area contributed by atoms with Crippen molar-refractivity contribution in [3.63, 3.8) is 0 Å². The summed E-state index contributed by atoms with van der Waals surface area (Å²) >= 11 is 3.52. The molecule has 6 rings (SSSR count). The quantitative estimate of drug-likeness (QED) is 0.104. The maximum atomic E-state index is 13.5. The third kappa shape index (κ3) is 6.85. The summed E-state index contributed by atoms with van der Waals surface area (Å²) in [4.78, 5) is 0. The lowest BCUT2D eigenvalue weighted by atomic mass is 9.93. The van der Waals surface area contributed by atoms with Crippen LogP contribution in [0.4, 0.5) is 0 Å². The van der Waals surface area contributed by atoms with E-state index in [4.69, 9.17) is 9.16 Å². The number of hydrogen-bond donors (Lipinski definition) is 1. The van der Waals surface area contributed by atoms with Crippen LogP contribution < -0.4 is 10.4 Å². The minimum atomic E-state index is -3.40. The number of aromatic hydroxyl groups is 1. The molecule has 1 fully saturated rings. The van der Waals surface area contributed by atoms with Gasteiger partial charge in [-0.1, -0.05) is 128 Å². The van der Waals surface area contributed by atoms with Crippen molar-refractivity contribution in [3.8, 4) is 5.75 Å². The average Bonchev–Trinajstić information content (AvgIpc) is 3.60. The first kappa shape index (κ1) is 33.6. The highest BCUT2D eigenvalue weighted by molar-refractivity contribution is 9.10. The molecule has 2 aliphatic heterocycles. The predicted octanol–water partition coefficient (Wildman–Crippen LogP) is 7.54. The number of benzene rings is 4. The molecule has 0 spiro atoms. The van der Waals surface area contributed by atoms with Crippen LogP contribution in [0.15, 0.2) is 125 Å². The zero-order valence-electron chi connectivity index (χ0n) is 27.0. The van der Waals surface area contributed by atoms with Crippen LogP contribution >= 0.6 is 15.9 Å². The second-order valence-corrected chi connectivity index (χ2v) is 20.8. The fourth-order valence-corrected chi connectivity index (χ4v) is 14.0. The number of phenols is 1. The molecule has 2 atom stereocenters. The molecule has 0 amide bonds. The van der Waals surface area contributed by atoms with Crippen LogP contribution in [0.5, 0.6) is 5.75 Å². The molecule has 5 nitrogen and oxygen atoms in total. The highest BCUT2D eigenvalue weighted by Gasteiger charge is 2.52. The van der Waals surface area contributed by atoms with E-state index in [1.165, 1.54) is 0 Å². The molecule has 0 unspecified atom stereocenters. The van der Waals surface area contributed by atoms with Crippen LogP contribution in [-0.2, 0) is 19.0 Å². The summed E-state index contributed by atoms with van der Waals surface area (Å²) in [6.45, 7) is 7.10. The van der Waals surface area contributed by atoms with E-state index in [9.17, 15) is 13.5 Å². The van der Waals surface area contributed by atoms with Crippen LogP contribution in [0.25, 0.3) is 11.6 Å². The molecular formula is C39H41BrO5SSi. The van der Waals surface area contributed by atoms with Crippen LogP contribution in [0.1, 0.15) is 44.7 Å². The van der Waals surface area contributed by atoms with Gasteiger partial charge in [0.2, 0.25) is 0 Å². The maximum Gasteiger partial charge on any atom is 0.261 e. The first-order valence-corrected chi connectivity index (χ1v) is 20.5. The molecule has 0 saturated carbocycles. The second kappa shape index (κ2) is 13.7. The molecule has 4 aromatic rings. The van der Waals surface area contributed by atoms with Gasteiger partial charge in [-0.25, -0.2) is 8.42 Å². The second-order valence-electron chi connectivity index (χ2n) is 13.4. The molecule has 1 N–H and O–H groups in total. The number of rotatable bonds is 10. The molecule has 0 radical (unpaired) electrons. The Hall–Kier alpha value is -3.27. The standard InChI is InChI=1S/C39H41BrO5SSi/c1-39(2,3)47(33-15-9-5-10-16-33,34-17-11-6-12-18-34)45-25-31-27-46(42,43)37-26-44-36(38(31)37)22-19-29(28-13-7-4-8-14-28)23-30-24-32(40)20-21-35(30)41/h4-18,20-21,23-24,36-37,41H,19,22,25-27H2,1-3H3/b29-23-/t36-,37+/m1/s1. The SMILES string of the molecule is CC(C)(C)[Si](OCC1=C2[C@@H](CC/C(=C/c3cc(Br)ccc3O)c3ccccc3)OC[C@@H]2S(=O)(=O)C1)(c1ccccc1)c1ccccc1. The van der Waals surface area contributed by atoms with Gasteiger partial charge in [-0.2, -0.15) is 0 Å². The highest BCUT2D eigenvalue weighted by atomic mass is 79.9. The van der Waals surface area contributed by atoms with Gasteiger partial charge in [0.25, 0.3) is 8.32 Å². The first-order valence-electron chi connectivity index (χ1n) is 16.0. The van der Waals surface area contributed by atoms with Crippen molar-refractivity contribution < 1.29 is 22.7 Å². The van der Waals surface area contributed by atoms with E-state index in [1.807, 2.05) is 48.5 Å². The zero-order valence-corrected chi connectivity index (χ0v) is 30.4. The van der Waals surface area contributed by atoms with Crippen LogP contribution in [-0.4, -0.2) is 52.2 Å². The third-order valence-corrected chi connectivity index (χ3v) is 16.9. The lowest BCUT2D eigenvalue weighted by Gasteiger charge is -2.43. The van der Waals surface area contributed by atoms with Crippen LogP contribution in [0, 0.1) is 0 Å². The van der Waals surface area contributed by atoms with Gasteiger partial charge in [-0.3, -0.25) is 0 Å². The molecule has 0 aliphatic carbocycles. The summed E-state index contributed by atoms with van der Waals surface area (Å²) in [7, 11) is -6.27. The molecule has 244 valence electrons. The van der Waals surface area contributed by atoms with Crippen molar-refractivity contribution in [2.45, 2.75) is 50.0 Å². The van der Waals surface area contributed by atoms with Crippen LogP contribution in [0.3, 0.4) is 0 Å². The lowest BCUT2D eigenvalue weighted by molar-refractivity contribution is 0.118. The smallest absolute Gasteiger partial charge is 0.261 e. The van der Waals surface area contributed by atoms with Crippen molar-refractivity contribution >= 4 is 56.1 Å². The normalized spacial score (nSPS) is 19.6. The summed E-state index contributed by atoms with van der Waals surface area (Å²) in [6, 6.07) is 36.3. The van der Waals surface area contributed by atoms with Gasteiger partial charge < -0.3 is 14.3 Å². The van der Waals surface area contributed by atoms with E-state index < -0.39 is 23.4 Å². The van der Waals surface area contributed by atoms with Crippen molar-refractivity contribution in [2.24, 2.45) is 0 Å². The van der Waals surface area contributed by atoms with Crippen molar-refractivity contribution in [2.75, 3.05) is 19.0 Å². The predicted molar refractivity (Wildman–Crippen MR) is 197 cm³/mol. The minimum absolute atomic E-state index is 0.00163. The Morgan fingerprint density at radius 3 is 2.13 bits per heavy atom. The molecule has 1 saturated heterocycles. The highest BCUT2D eigenvalue weighted by Crippen LogP contribution is 2.42. The molecular weight excluding hydrogens is 688 g/mol.